The second kappa shape index (κ2) is 4.65. The van der Waals surface area contributed by atoms with Gasteiger partial charge >= 0.3 is 0 Å². The molecule has 0 fully saturated rings. The van der Waals surface area contributed by atoms with Crippen molar-refractivity contribution in [3.8, 4) is 0 Å². The first-order chi connectivity index (χ1) is 7.72. The van der Waals surface area contributed by atoms with Crippen molar-refractivity contribution in [3.63, 3.8) is 0 Å². The van der Waals surface area contributed by atoms with Crippen LogP contribution in [0.25, 0.3) is 10.9 Å². The molecule has 0 radical (unpaired) electrons. The lowest BCUT2D eigenvalue weighted by Gasteiger charge is -1.96. The predicted molar refractivity (Wildman–Crippen MR) is 69.4 cm³/mol. The van der Waals surface area contributed by atoms with Gasteiger partial charge in [0.05, 0.1) is 12.1 Å². The smallest absolute Gasteiger partial charge is 0.268 e. The lowest BCUT2D eigenvalue weighted by molar-refractivity contribution is -0.107. The summed E-state index contributed by atoms with van der Waals surface area (Å²) in [5.41, 5.74) is 1.42. The number of para-hydroxylation sites is 1. The Hall–Kier alpha value is -1.37. The highest BCUT2D eigenvalue weighted by Crippen LogP contribution is 2.20. The van der Waals surface area contributed by atoms with Crippen molar-refractivity contribution >= 4 is 45.7 Å². The molecule has 0 aliphatic rings. The van der Waals surface area contributed by atoms with Crippen LogP contribution >= 0.6 is 22.6 Å². The van der Waals surface area contributed by atoms with Crippen LogP contribution in [0.4, 0.5) is 0 Å². The number of benzene rings is 1. The van der Waals surface area contributed by atoms with E-state index in [2.05, 4.69) is 32.9 Å². The third kappa shape index (κ3) is 2.08. The number of carbonyl (C=O) groups is 2. The molecule has 1 amide bonds. The number of rotatable bonds is 3. The summed E-state index contributed by atoms with van der Waals surface area (Å²) in [6, 6.07) is 7.61. The Morgan fingerprint density at radius 2 is 2.31 bits per heavy atom. The number of hydrogen-bond acceptors (Lipinski definition) is 2. The molecule has 0 aliphatic carbocycles. The number of aromatic nitrogens is 1. The van der Waals surface area contributed by atoms with Gasteiger partial charge in [-0.2, -0.15) is 0 Å². The Morgan fingerprint density at radius 3 is 3.00 bits per heavy atom. The van der Waals surface area contributed by atoms with E-state index in [1.807, 2.05) is 18.2 Å². The van der Waals surface area contributed by atoms with Gasteiger partial charge in [0.25, 0.3) is 5.91 Å². The van der Waals surface area contributed by atoms with Gasteiger partial charge in [-0.15, -0.1) is 0 Å². The van der Waals surface area contributed by atoms with Crippen molar-refractivity contribution in [2.45, 2.75) is 0 Å². The van der Waals surface area contributed by atoms with Crippen LogP contribution in [0.5, 0.6) is 0 Å². The maximum Gasteiger partial charge on any atom is 0.268 e. The largest absolute Gasteiger partial charge is 0.350 e. The molecule has 5 heteroatoms. The van der Waals surface area contributed by atoms with E-state index >= 15 is 0 Å². The first kappa shape index (κ1) is 11.1. The summed E-state index contributed by atoms with van der Waals surface area (Å²) in [6.07, 6.45) is 0.657. The van der Waals surface area contributed by atoms with E-state index in [4.69, 9.17) is 0 Å². The minimum Gasteiger partial charge on any atom is -0.350 e. The summed E-state index contributed by atoms with van der Waals surface area (Å²) in [4.78, 5) is 24.8. The molecule has 0 saturated carbocycles. The molecule has 82 valence electrons. The van der Waals surface area contributed by atoms with Crippen LogP contribution in [0.1, 0.15) is 10.5 Å². The predicted octanol–water partition coefficient (Wildman–Crippen LogP) is 1.70. The fourth-order valence-electron chi connectivity index (χ4n) is 1.47. The van der Waals surface area contributed by atoms with E-state index in [0.717, 1.165) is 14.5 Å². The zero-order chi connectivity index (χ0) is 11.5. The molecular formula is C11H9IN2O2. The van der Waals surface area contributed by atoms with E-state index in [1.54, 1.807) is 6.07 Å². The van der Waals surface area contributed by atoms with Gasteiger partial charge in [-0.25, -0.2) is 0 Å². The van der Waals surface area contributed by atoms with Gasteiger partial charge in [-0.3, -0.25) is 4.79 Å². The standard InChI is InChI=1S/C11H9IN2O2/c12-8-3-1-2-7-6-9(14-10(7)8)11(16)13-4-5-15/h1-3,5-6,14H,4H2,(H,13,16). The van der Waals surface area contributed by atoms with E-state index in [-0.39, 0.29) is 12.5 Å². The number of aromatic amines is 1. The molecule has 0 unspecified atom stereocenters. The number of amides is 1. The van der Waals surface area contributed by atoms with Gasteiger partial charge in [-0.1, -0.05) is 12.1 Å². The van der Waals surface area contributed by atoms with Crippen LogP contribution < -0.4 is 5.32 Å². The molecule has 0 atom stereocenters. The van der Waals surface area contributed by atoms with Gasteiger partial charge in [0, 0.05) is 8.96 Å². The van der Waals surface area contributed by atoms with Crippen molar-refractivity contribution < 1.29 is 9.59 Å². The van der Waals surface area contributed by atoms with Crippen molar-refractivity contribution in [1.82, 2.24) is 10.3 Å². The summed E-state index contributed by atoms with van der Waals surface area (Å²) < 4.78 is 1.06. The third-order valence-electron chi connectivity index (χ3n) is 2.20. The zero-order valence-corrected chi connectivity index (χ0v) is 10.4. The first-order valence-electron chi connectivity index (χ1n) is 4.71. The average molecular weight is 328 g/mol. The zero-order valence-electron chi connectivity index (χ0n) is 8.29. The van der Waals surface area contributed by atoms with Crippen LogP contribution in [0.15, 0.2) is 24.3 Å². The van der Waals surface area contributed by atoms with Gasteiger partial charge in [0.1, 0.15) is 12.0 Å². The molecule has 0 spiro atoms. The number of nitrogens with one attached hydrogen (secondary N) is 2. The SMILES string of the molecule is O=CCNC(=O)c1cc2cccc(I)c2[nH]1. The molecule has 0 aliphatic heterocycles. The Kier molecular flexibility index (Phi) is 3.23. The van der Waals surface area contributed by atoms with E-state index in [9.17, 15) is 9.59 Å². The number of fused-ring (bicyclic) bond motifs is 1. The molecule has 0 bridgehead atoms. The van der Waals surface area contributed by atoms with Crippen molar-refractivity contribution in [2.75, 3.05) is 6.54 Å². The molecule has 1 aromatic carbocycles. The van der Waals surface area contributed by atoms with Crippen LogP contribution in [0.2, 0.25) is 0 Å². The van der Waals surface area contributed by atoms with Crippen molar-refractivity contribution in [2.24, 2.45) is 0 Å². The number of hydrogen-bond donors (Lipinski definition) is 2. The fraction of sp³-hybridized carbons (Fsp3) is 0.0909. The van der Waals surface area contributed by atoms with Gasteiger partial charge < -0.3 is 15.1 Å². The van der Waals surface area contributed by atoms with Crippen LogP contribution in [-0.4, -0.2) is 23.7 Å². The number of H-pyrrole nitrogens is 1. The highest BCUT2D eigenvalue weighted by molar-refractivity contribution is 14.1. The summed E-state index contributed by atoms with van der Waals surface area (Å²) in [7, 11) is 0. The summed E-state index contributed by atoms with van der Waals surface area (Å²) >= 11 is 2.20. The highest BCUT2D eigenvalue weighted by Gasteiger charge is 2.09. The molecule has 4 nitrogen and oxygen atoms in total. The van der Waals surface area contributed by atoms with Gasteiger partial charge in [0.2, 0.25) is 0 Å². The minimum absolute atomic E-state index is 0.0330. The lowest BCUT2D eigenvalue weighted by atomic mass is 10.2. The Labute approximate surface area is 106 Å². The summed E-state index contributed by atoms with van der Waals surface area (Å²) in [5, 5.41) is 3.48. The molecule has 16 heavy (non-hydrogen) atoms. The molecule has 2 aromatic rings. The normalized spacial score (nSPS) is 10.3. The average Bonchev–Trinajstić information content (AvgIpc) is 2.71. The Balaban J connectivity index is 2.36. The third-order valence-corrected chi connectivity index (χ3v) is 3.09. The Bertz CT molecular complexity index is 548. The van der Waals surface area contributed by atoms with Crippen molar-refractivity contribution in [3.05, 3.63) is 33.5 Å². The Morgan fingerprint density at radius 1 is 1.50 bits per heavy atom. The van der Waals surface area contributed by atoms with Gasteiger partial charge in [-0.05, 0) is 34.7 Å². The van der Waals surface area contributed by atoms with E-state index in [0.29, 0.717) is 12.0 Å². The van der Waals surface area contributed by atoms with E-state index in [1.165, 1.54) is 0 Å². The molecule has 0 saturated heterocycles. The minimum atomic E-state index is -0.265. The second-order valence-electron chi connectivity index (χ2n) is 3.26. The lowest BCUT2D eigenvalue weighted by Crippen LogP contribution is -2.25. The topological polar surface area (TPSA) is 62.0 Å². The second-order valence-corrected chi connectivity index (χ2v) is 4.43. The van der Waals surface area contributed by atoms with Crippen LogP contribution in [-0.2, 0) is 4.79 Å². The molecule has 2 N–H and O–H groups in total. The molecular weight excluding hydrogens is 319 g/mol. The van der Waals surface area contributed by atoms with Crippen molar-refractivity contribution in [1.29, 1.82) is 0 Å². The molecule has 1 heterocycles. The number of aldehydes is 1. The number of halogens is 1. The number of carbonyl (C=O) groups excluding carboxylic acids is 2. The molecule has 2 rings (SSSR count). The summed E-state index contributed by atoms with van der Waals surface area (Å²) in [6.45, 7) is 0.0330. The maximum atomic E-state index is 11.6. The quantitative estimate of drug-likeness (QED) is 0.665. The first-order valence-corrected chi connectivity index (χ1v) is 5.79. The van der Waals surface area contributed by atoms with Crippen LogP contribution in [0, 0.1) is 3.57 Å². The van der Waals surface area contributed by atoms with Crippen LogP contribution in [0.3, 0.4) is 0 Å². The maximum absolute atomic E-state index is 11.6. The monoisotopic (exact) mass is 328 g/mol. The highest BCUT2D eigenvalue weighted by atomic mass is 127. The fourth-order valence-corrected chi connectivity index (χ4v) is 2.12. The van der Waals surface area contributed by atoms with E-state index < -0.39 is 0 Å². The molecule has 1 aromatic heterocycles. The summed E-state index contributed by atoms with van der Waals surface area (Å²) in [5.74, 6) is -0.265. The van der Waals surface area contributed by atoms with Gasteiger partial charge in [0.15, 0.2) is 0 Å².